The van der Waals surface area contributed by atoms with Gasteiger partial charge in [-0.25, -0.2) is 0 Å². The van der Waals surface area contributed by atoms with Gasteiger partial charge in [-0.1, -0.05) is 54.6 Å². The van der Waals surface area contributed by atoms with Crippen LogP contribution in [0.15, 0.2) is 72.9 Å². The highest BCUT2D eigenvalue weighted by Gasteiger charge is 2.08. The summed E-state index contributed by atoms with van der Waals surface area (Å²) >= 11 is 0. The maximum atomic E-state index is 10.5. The van der Waals surface area contributed by atoms with Gasteiger partial charge in [-0.15, -0.1) is 0 Å². The summed E-state index contributed by atoms with van der Waals surface area (Å²) in [4.78, 5) is 4.27. The predicted octanol–water partition coefficient (Wildman–Crippen LogP) is 3.74. The molecule has 0 spiro atoms. The van der Waals surface area contributed by atoms with Crippen molar-refractivity contribution in [1.29, 1.82) is 0 Å². The first kappa shape index (κ1) is 14.3. The summed E-state index contributed by atoms with van der Waals surface area (Å²) in [6.45, 7) is 1.28. The molecule has 0 unspecified atom stereocenters. The van der Waals surface area contributed by atoms with E-state index in [2.05, 4.69) is 10.3 Å². The van der Waals surface area contributed by atoms with Crippen molar-refractivity contribution in [2.24, 2.45) is 0 Å². The highest BCUT2D eigenvalue weighted by Crippen LogP contribution is 2.31. The Morgan fingerprint density at radius 1 is 0.818 bits per heavy atom. The first-order chi connectivity index (χ1) is 10.8. The van der Waals surface area contributed by atoms with Gasteiger partial charge in [-0.05, 0) is 17.7 Å². The lowest BCUT2D eigenvalue weighted by Crippen LogP contribution is -2.13. The standard InChI is InChI=1S/C19H18N2O/c22-19-16(13-20-14-17-10-4-5-12-21-17)9-6-11-18(19)15-7-2-1-3-8-15/h1-12,20,22H,13-14H2. The van der Waals surface area contributed by atoms with Gasteiger partial charge in [-0.3, -0.25) is 4.98 Å². The fraction of sp³-hybridized carbons (Fsp3) is 0.105. The van der Waals surface area contributed by atoms with E-state index in [0.717, 1.165) is 22.4 Å². The van der Waals surface area contributed by atoms with Crippen molar-refractivity contribution in [2.75, 3.05) is 0 Å². The Balaban J connectivity index is 1.72. The average Bonchev–Trinajstić information content (AvgIpc) is 2.58. The number of para-hydroxylation sites is 1. The van der Waals surface area contributed by atoms with Gasteiger partial charge in [0.05, 0.1) is 5.69 Å². The molecule has 0 bridgehead atoms. The fourth-order valence-electron chi connectivity index (χ4n) is 2.41. The van der Waals surface area contributed by atoms with Crippen LogP contribution in [0.1, 0.15) is 11.3 Å². The molecule has 3 nitrogen and oxygen atoms in total. The number of aromatic hydroxyl groups is 1. The van der Waals surface area contributed by atoms with Crippen molar-refractivity contribution in [3.63, 3.8) is 0 Å². The van der Waals surface area contributed by atoms with Crippen molar-refractivity contribution >= 4 is 0 Å². The van der Waals surface area contributed by atoms with E-state index in [1.807, 2.05) is 66.7 Å². The predicted molar refractivity (Wildman–Crippen MR) is 88.3 cm³/mol. The molecule has 0 atom stereocenters. The van der Waals surface area contributed by atoms with Crippen molar-refractivity contribution in [2.45, 2.75) is 13.1 Å². The minimum atomic E-state index is 0.335. The summed E-state index contributed by atoms with van der Waals surface area (Å²) in [7, 11) is 0. The minimum absolute atomic E-state index is 0.335. The minimum Gasteiger partial charge on any atom is -0.507 e. The molecule has 0 amide bonds. The Morgan fingerprint density at radius 2 is 1.64 bits per heavy atom. The molecule has 0 aliphatic heterocycles. The van der Waals surface area contributed by atoms with Crippen molar-refractivity contribution < 1.29 is 5.11 Å². The summed E-state index contributed by atoms with van der Waals surface area (Å²) < 4.78 is 0. The summed E-state index contributed by atoms with van der Waals surface area (Å²) in [5.41, 5.74) is 3.75. The van der Waals surface area contributed by atoms with Crippen molar-refractivity contribution in [1.82, 2.24) is 10.3 Å². The van der Waals surface area contributed by atoms with E-state index >= 15 is 0 Å². The Morgan fingerprint density at radius 3 is 2.41 bits per heavy atom. The van der Waals surface area contributed by atoms with Gasteiger partial charge in [0, 0.05) is 30.4 Å². The maximum Gasteiger partial charge on any atom is 0.127 e. The number of nitrogens with zero attached hydrogens (tertiary/aromatic N) is 1. The third kappa shape index (κ3) is 3.32. The van der Waals surface area contributed by atoms with Gasteiger partial charge in [0.1, 0.15) is 5.75 Å². The second-order valence-electron chi connectivity index (χ2n) is 5.10. The van der Waals surface area contributed by atoms with Crippen molar-refractivity contribution in [3.8, 4) is 16.9 Å². The number of benzene rings is 2. The molecule has 0 aliphatic rings. The number of phenolic OH excluding ortho intramolecular Hbond substituents is 1. The number of aromatic nitrogens is 1. The number of rotatable bonds is 5. The Kier molecular flexibility index (Phi) is 4.47. The van der Waals surface area contributed by atoms with Gasteiger partial charge in [0.2, 0.25) is 0 Å². The number of pyridine rings is 1. The van der Waals surface area contributed by atoms with Crippen LogP contribution < -0.4 is 5.32 Å². The Labute approximate surface area is 130 Å². The van der Waals surface area contributed by atoms with Gasteiger partial charge in [0.25, 0.3) is 0 Å². The van der Waals surface area contributed by atoms with Crippen LogP contribution in [0.3, 0.4) is 0 Å². The number of hydrogen-bond acceptors (Lipinski definition) is 3. The van der Waals surface area contributed by atoms with Crippen LogP contribution in [0.25, 0.3) is 11.1 Å². The van der Waals surface area contributed by atoms with E-state index in [-0.39, 0.29) is 0 Å². The summed E-state index contributed by atoms with van der Waals surface area (Å²) in [6, 6.07) is 21.6. The second kappa shape index (κ2) is 6.87. The van der Waals surface area contributed by atoms with Crippen LogP contribution in [-0.2, 0) is 13.1 Å². The topological polar surface area (TPSA) is 45.1 Å². The number of phenols is 1. The molecule has 2 aromatic carbocycles. The monoisotopic (exact) mass is 290 g/mol. The van der Waals surface area contributed by atoms with E-state index in [1.54, 1.807) is 6.20 Å². The van der Waals surface area contributed by atoms with E-state index < -0.39 is 0 Å². The second-order valence-corrected chi connectivity index (χ2v) is 5.10. The van der Waals surface area contributed by atoms with E-state index in [0.29, 0.717) is 18.8 Å². The average molecular weight is 290 g/mol. The Hall–Kier alpha value is -2.65. The molecule has 1 aromatic heterocycles. The normalized spacial score (nSPS) is 10.5. The molecule has 110 valence electrons. The van der Waals surface area contributed by atoms with Crippen LogP contribution in [0, 0.1) is 0 Å². The summed E-state index contributed by atoms with van der Waals surface area (Å²) in [6.07, 6.45) is 1.78. The van der Waals surface area contributed by atoms with Crippen molar-refractivity contribution in [3.05, 3.63) is 84.2 Å². The van der Waals surface area contributed by atoms with Crippen LogP contribution >= 0.6 is 0 Å². The van der Waals surface area contributed by atoms with Gasteiger partial charge in [0.15, 0.2) is 0 Å². The molecule has 0 saturated carbocycles. The smallest absolute Gasteiger partial charge is 0.127 e. The molecule has 2 N–H and O–H groups in total. The fourth-order valence-corrected chi connectivity index (χ4v) is 2.41. The van der Waals surface area contributed by atoms with Crippen LogP contribution in [0.4, 0.5) is 0 Å². The molecule has 3 rings (SSSR count). The highest BCUT2D eigenvalue weighted by molar-refractivity contribution is 5.71. The van der Waals surface area contributed by atoms with E-state index in [4.69, 9.17) is 0 Å². The first-order valence-electron chi connectivity index (χ1n) is 7.31. The summed E-state index contributed by atoms with van der Waals surface area (Å²) in [5, 5.41) is 13.8. The lowest BCUT2D eigenvalue weighted by Gasteiger charge is -2.11. The first-order valence-corrected chi connectivity index (χ1v) is 7.31. The quantitative estimate of drug-likeness (QED) is 0.752. The molecule has 1 heterocycles. The molecule has 0 fully saturated rings. The Bertz CT molecular complexity index is 727. The molecule has 0 saturated heterocycles. The molecular formula is C19H18N2O. The van der Waals surface area contributed by atoms with Gasteiger partial charge < -0.3 is 10.4 Å². The third-order valence-electron chi connectivity index (χ3n) is 3.55. The molecule has 3 heteroatoms. The van der Waals surface area contributed by atoms with Crippen LogP contribution in [0.5, 0.6) is 5.75 Å². The van der Waals surface area contributed by atoms with E-state index in [1.165, 1.54) is 0 Å². The zero-order valence-corrected chi connectivity index (χ0v) is 12.2. The molecular weight excluding hydrogens is 272 g/mol. The molecule has 0 aliphatic carbocycles. The molecule has 3 aromatic rings. The third-order valence-corrected chi connectivity index (χ3v) is 3.55. The van der Waals surface area contributed by atoms with Gasteiger partial charge >= 0.3 is 0 Å². The molecule has 0 radical (unpaired) electrons. The SMILES string of the molecule is Oc1c(CNCc2ccccn2)cccc1-c1ccccc1. The van der Waals surface area contributed by atoms with E-state index in [9.17, 15) is 5.11 Å². The number of nitrogens with one attached hydrogen (secondary N) is 1. The lowest BCUT2D eigenvalue weighted by molar-refractivity contribution is 0.466. The molecule has 22 heavy (non-hydrogen) atoms. The zero-order chi connectivity index (χ0) is 15.2. The zero-order valence-electron chi connectivity index (χ0n) is 12.2. The maximum absolute atomic E-state index is 10.5. The number of hydrogen-bond donors (Lipinski definition) is 2. The van der Waals surface area contributed by atoms with Gasteiger partial charge in [-0.2, -0.15) is 0 Å². The summed E-state index contributed by atoms with van der Waals surface area (Å²) in [5.74, 6) is 0.335. The van der Waals surface area contributed by atoms with Crippen LogP contribution in [-0.4, -0.2) is 10.1 Å². The lowest BCUT2D eigenvalue weighted by atomic mass is 10.0. The highest BCUT2D eigenvalue weighted by atomic mass is 16.3. The van der Waals surface area contributed by atoms with Crippen LogP contribution in [0.2, 0.25) is 0 Å². The largest absolute Gasteiger partial charge is 0.507 e.